The summed E-state index contributed by atoms with van der Waals surface area (Å²) in [5.41, 5.74) is 0. The first-order valence-electron chi connectivity index (χ1n) is 2.54. The summed E-state index contributed by atoms with van der Waals surface area (Å²) in [5, 5.41) is 0. The second-order valence-corrected chi connectivity index (χ2v) is 2.20. The predicted octanol–water partition coefficient (Wildman–Crippen LogP) is -2.81. The standard InChI is InChI=1S/C4H8O4Si2/c5-3(7-9)1-2-4(6)8-10/h1-2H,9-10H3/b2-1+. The quantitative estimate of drug-likeness (QED) is 0.337. The smallest absolute Gasteiger partial charge is 0.316 e. The molecule has 0 spiro atoms. The van der Waals surface area contributed by atoms with E-state index in [1.807, 2.05) is 0 Å². The van der Waals surface area contributed by atoms with E-state index in [0.29, 0.717) is 21.0 Å². The fourth-order valence-electron chi connectivity index (χ4n) is 0.272. The molecule has 0 rings (SSSR count). The summed E-state index contributed by atoms with van der Waals surface area (Å²) >= 11 is 0. The highest BCUT2D eigenvalue weighted by atomic mass is 28.2. The average Bonchev–Trinajstić information content (AvgIpc) is 1.99. The average molecular weight is 176 g/mol. The van der Waals surface area contributed by atoms with E-state index in [2.05, 4.69) is 8.85 Å². The Bertz CT molecular complexity index is 147. The molecule has 0 radical (unpaired) electrons. The van der Waals surface area contributed by atoms with Gasteiger partial charge in [0.25, 0.3) is 0 Å². The second kappa shape index (κ2) is 4.94. The monoisotopic (exact) mass is 176 g/mol. The molecule has 56 valence electrons. The van der Waals surface area contributed by atoms with Gasteiger partial charge in [-0.1, -0.05) is 0 Å². The van der Waals surface area contributed by atoms with Crippen molar-refractivity contribution < 1.29 is 18.4 Å². The zero-order valence-corrected chi connectivity index (χ0v) is 9.79. The Kier molecular flexibility index (Phi) is 4.51. The Morgan fingerprint density at radius 1 is 1.00 bits per heavy atom. The first-order valence-corrected chi connectivity index (χ1v) is 4.18. The van der Waals surface area contributed by atoms with Crippen molar-refractivity contribution in [1.29, 1.82) is 0 Å². The van der Waals surface area contributed by atoms with E-state index < -0.39 is 11.9 Å². The van der Waals surface area contributed by atoms with Crippen LogP contribution in [0.1, 0.15) is 0 Å². The van der Waals surface area contributed by atoms with Crippen LogP contribution in [0.25, 0.3) is 0 Å². The minimum atomic E-state index is -0.501. The predicted molar refractivity (Wildman–Crippen MR) is 41.2 cm³/mol. The molecule has 0 aliphatic heterocycles. The van der Waals surface area contributed by atoms with Crippen LogP contribution in [0, 0.1) is 0 Å². The molecular weight excluding hydrogens is 168 g/mol. The molecular formula is C4H8O4Si2. The van der Waals surface area contributed by atoms with Crippen LogP contribution in [-0.2, 0) is 18.4 Å². The van der Waals surface area contributed by atoms with Gasteiger partial charge in [-0.25, -0.2) is 9.59 Å². The maximum absolute atomic E-state index is 10.4. The van der Waals surface area contributed by atoms with E-state index in [9.17, 15) is 9.59 Å². The lowest BCUT2D eigenvalue weighted by Gasteiger charge is -1.90. The lowest BCUT2D eigenvalue weighted by atomic mass is 10.5. The van der Waals surface area contributed by atoms with Gasteiger partial charge in [-0.2, -0.15) is 0 Å². The Morgan fingerprint density at radius 3 is 1.50 bits per heavy atom. The third kappa shape index (κ3) is 4.04. The van der Waals surface area contributed by atoms with E-state index in [-0.39, 0.29) is 0 Å². The maximum atomic E-state index is 10.4. The highest BCUT2D eigenvalue weighted by molar-refractivity contribution is 6.10. The van der Waals surface area contributed by atoms with Crippen molar-refractivity contribution in [3.05, 3.63) is 12.2 Å². The van der Waals surface area contributed by atoms with Gasteiger partial charge < -0.3 is 8.85 Å². The Labute approximate surface area is 64.3 Å². The molecule has 0 aliphatic carbocycles. The largest absolute Gasteiger partial charge is 0.526 e. The molecule has 0 aromatic carbocycles. The number of hydrogen-bond acceptors (Lipinski definition) is 4. The fraction of sp³-hybridized carbons (Fsp3) is 0. The van der Waals surface area contributed by atoms with E-state index in [1.165, 1.54) is 0 Å². The van der Waals surface area contributed by atoms with Gasteiger partial charge in [0, 0.05) is 12.2 Å². The van der Waals surface area contributed by atoms with Gasteiger partial charge in [-0.05, 0) is 0 Å². The van der Waals surface area contributed by atoms with Crippen molar-refractivity contribution in [3.8, 4) is 0 Å². The highest BCUT2D eigenvalue weighted by Gasteiger charge is 1.93. The third-order valence-electron chi connectivity index (χ3n) is 0.758. The van der Waals surface area contributed by atoms with E-state index in [4.69, 9.17) is 0 Å². The van der Waals surface area contributed by atoms with Crippen LogP contribution in [0.15, 0.2) is 12.2 Å². The number of carbonyl (C=O) groups is 2. The molecule has 0 heterocycles. The molecule has 0 saturated carbocycles. The molecule has 0 aromatic rings. The first kappa shape index (κ1) is 9.11. The SMILES string of the molecule is O=C(/C=C/C(=O)O[SiH3])O[SiH3]. The molecule has 0 N–H and O–H groups in total. The molecule has 0 unspecified atom stereocenters. The maximum Gasteiger partial charge on any atom is 0.316 e. The number of rotatable bonds is 2. The zero-order chi connectivity index (χ0) is 7.98. The van der Waals surface area contributed by atoms with Crippen LogP contribution in [-0.4, -0.2) is 32.9 Å². The van der Waals surface area contributed by atoms with Gasteiger partial charge in [0.15, 0.2) is 0 Å². The third-order valence-corrected chi connectivity index (χ3v) is 1.56. The summed E-state index contributed by atoms with van der Waals surface area (Å²) < 4.78 is 8.72. The summed E-state index contributed by atoms with van der Waals surface area (Å²) in [6, 6.07) is 0. The van der Waals surface area contributed by atoms with Gasteiger partial charge in [0.1, 0.15) is 0 Å². The Morgan fingerprint density at radius 2 is 1.30 bits per heavy atom. The molecule has 0 amide bonds. The van der Waals surface area contributed by atoms with Crippen LogP contribution in [0.5, 0.6) is 0 Å². The second-order valence-electron chi connectivity index (χ2n) is 1.38. The van der Waals surface area contributed by atoms with Crippen molar-refractivity contribution in [2.24, 2.45) is 0 Å². The molecule has 0 aromatic heterocycles. The van der Waals surface area contributed by atoms with Crippen molar-refractivity contribution in [3.63, 3.8) is 0 Å². The van der Waals surface area contributed by atoms with Crippen LogP contribution in [0.3, 0.4) is 0 Å². The van der Waals surface area contributed by atoms with E-state index in [1.54, 1.807) is 0 Å². The van der Waals surface area contributed by atoms with E-state index >= 15 is 0 Å². The summed E-state index contributed by atoms with van der Waals surface area (Å²) in [7, 11) is 0.680. The highest BCUT2D eigenvalue weighted by Crippen LogP contribution is 1.79. The topological polar surface area (TPSA) is 52.6 Å². The molecule has 10 heavy (non-hydrogen) atoms. The number of carbonyl (C=O) groups excluding carboxylic acids is 2. The summed E-state index contributed by atoms with van der Waals surface area (Å²) in [6.07, 6.45) is 2.10. The van der Waals surface area contributed by atoms with Crippen molar-refractivity contribution in [1.82, 2.24) is 0 Å². The van der Waals surface area contributed by atoms with Crippen molar-refractivity contribution in [2.75, 3.05) is 0 Å². The van der Waals surface area contributed by atoms with Crippen molar-refractivity contribution >= 4 is 32.9 Å². The fourth-order valence-corrected chi connectivity index (χ4v) is 0.544. The molecule has 0 saturated heterocycles. The summed E-state index contributed by atoms with van der Waals surface area (Å²) in [6.45, 7) is 0. The first-order chi connectivity index (χ1) is 4.70. The van der Waals surface area contributed by atoms with E-state index in [0.717, 1.165) is 12.2 Å². The van der Waals surface area contributed by atoms with Gasteiger partial charge in [-0.15, -0.1) is 0 Å². The summed E-state index contributed by atoms with van der Waals surface area (Å²) in [5.74, 6) is -1.00. The van der Waals surface area contributed by atoms with Gasteiger partial charge in [0.2, 0.25) is 21.0 Å². The minimum Gasteiger partial charge on any atom is -0.526 e. The van der Waals surface area contributed by atoms with Crippen LogP contribution >= 0.6 is 0 Å². The van der Waals surface area contributed by atoms with Gasteiger partial charge >= 0.3 is 11.9 Å². The molecule has 0 bridgehead atoms. The lowest BCUT2D eigenvalue weighted by molar-refractivity contribution is -0.131. The number of hydrogen-bond donors (Lipinski definition) is 0. The van der Waals surface area contributed by atoms with Crippen molar-refractivity contribution in [2.45, 2.75) is 0 Å². The van der Waals surface area contributed by atoms with Crippen LogP contribution in [0.4, 0.5) is 0 Å². The van der Waals surface area contributed by atoms with Crippen LogP contribution in [0.2, 0.25) is 0 Å². The van der Waals surface area contributed by atoms with Crippen LogP contribution < -0.4 is 0 Å². The lowest BCUT2D eigenvalue weighted by Crippen LogP contribution is -2.00. The molecule has 6 heteroatoms. The minimum absolute atomic E-state index is 0.340. The normalized spacial score (nSPS) is 10.0. The molecule has 0 fully saturated rings. The summed E-state index contributed by atoms with van der Waals surface area (Å²) in [4.78, 5) is 20.7. The molecule has 0 aliphatic rings. The van der Waals surface area contributed by atoms with Gasteiger partial charge in [-0.3, -0.25) is 0 Å². The molecule has 0 atom stereocenters. The Balaban J connectivity index is 3.75. The zero-order valence-electron chi connectivity index (χ0n) is 5.79. The van der Waals surface area contributed by atoms with Gasteiger partial charge in [0.05, 0.1) is 0 Å². The Hall–Kier alpha value is -0.886. The molecule has 4 nitrogen and oxygen atoms in total.